The summed E-state index contributed by atoms with van der Waals surface area (Å²) in [7, 11) is 0. The molecule has 96 valence electrons. The summed E-state index contributed by atoms with van der Waals surface area (Å²) in [6.45, 7) is 2.26. The predicted molar refractivity (Wildman–Crippen MR) is 84.6 cm³/mol. The molecule has 0 saturated carbocycles. The Labute approximate surface area is 118 Å². The molecule has 0 nitrogen and oxygen atoms in total. The van der Waals surface area contributed by atoms with Gasteiger partial charge in [0.15, 0.2) is 0 Å². The van der Waals surface area contributed by atoms with Gasteiger partial charge in [-0.3, -0.25) is 0 Å². The molecule has 0 fully saturated rings. The summed E-state index contributed by atoms with van der Waals surface area (Å²) in [5.74, 6) is 1.26. The third-order valence-electron chi connectivity index (χ3n) is 2.88. The van der Waals surface area contributed by atoms with Gasteiger partial charge in [-0.05, 0) is 29.9 Å². The molecular formula is C16H20S2. The van der Waals surface area contributed by atoms with E-state index < -0.39 is 0 Å². The van der Waals surface area contributed by atoms with Crippen molar-refractivity contribution in [2.24, 2.45) is 0 Å². The molecule has 1 heterocycles. The molecule has 1 aromatic carbocycles. The van der Waals surface area contributed by atoms with E-state index in [1.54, 1.807) is 0 Å². The number of rotatable bonds is 7. The second-order valence-corrected chi connectivity index (χ2v) is 6.87. The monoisotopic (exact) mass is 276 g/mol. The van der Waals surface area contributed by atoms with Gasteiger partial charge in [-0.25, -0.2) is 0 Å². The third-order valence-corrected chi connectivity index (χ3v) is 5.33. The average Bonchev–Trinajstić information content (AvgIpc) is 2.88. The molecule has 2 aromatic rings. The maximum atomic E-state index is 2.26. The Balaban J connectivity index is 1.83. The molecule has 18 heavy (non-hydrogen) atoms. The van der Waals surface area contributed by atoms with E-state index in [0.29, 0.717) is 0 Å². The second kappa shape index (κ2) is 7.65. The normalized spacial score (nSPS) is 10.7. The summed E-state index contributed by atoms with van der Waals surface area (Å²) >= 11 is 3.92. The molecule has 0 unspecified atom stereocenters. The lowest BCUT2D eigenvalue weighted by molar-refractivity contribution is 0.706. The SMILES string of the molecule is CCCCCCSc1ccc(-c2ccccc2)s1. The first-order valence-corrected chi connectivity index (χ1v) is 8.48. The lowest BCUT2D eigenvalue weighted by Crippen LogP contribution is -1.78. The Bertz CT molecular complexity index is 445. The zero-order chi connectivity index (χ0) is 12.6. The number of hydrogen-bond acceptors (Lipinski definition) is 2. The van der Waals surface area contributed by atoms with Crippen LogP contribution in [0, 0.1) is 0 Å². The Morgan fingerprint density at radius 2 is 1.78 bits per heavy atom. The quantitative estimate of drug-likeness (QED) is 0.436. The minimum absolute atomic E-state index is 1.26. The molecule has 0 saturated heterocycles. The molecule has 2 rings (SSSR count). The number of benzene rings is 1. The first kappa shape index (κ1) is 13.7. The van der Waals surface area contributed by atoms with Gasteiger partial charge >= 0.3 is 0 Å². The number of thiophene rings is 1. The van der Waals surface area contributed by atoms with Gasteiger partial charge in [-0.2, -0.15) is 0 Å². The fraction of sp³-hybridized carbons (Fsp3) is 0.375. The maximum absolute atomic E-state index is 2.26. The highest BCUT2D eigenvalue weighted by Crippen LogP contribution is 2.34. The molecule has 2 heteroatoms. The predicted octanol–water partition coefficient (Wildman–Crippen LogP) is 6.09. The Kier molecular flexibility index (Phi) is 5.82. The molecule has 0 aliphatic rings. The fourth-order valence-electron chi connectivity index (χ4n) is 1.86. The first-order chi connectivity index (χ1) is 8.90. The van der Waals surface area contributed by atoms with Crippen LogP contribution in [0.15, 0.2) is 46.7 Å². The number of hydrogen-bond donors (Lipinski definition) is 0. The van der Waals surface area contributed by atoms with Gasteiger partial charge in [-0.15, -0.1) is 23.1 Å². The number of thioether (sulfide) groups is 1. The van der Waals surface area contributed by atoms with E-state index in [1.807, 2.05) is 23.1 Å². The Morgan fingerprint density at radius 3 is 2.56 bits per heavy atom. The highest BCUT2D eigenvalue weighted by atomic mass is 32.2. The third kappa shape index (κ3) is 4.18. The Morgan fingerprint density at radius 1 is 0.944 bits per heavy atom. The van der Waals surface area contributed by atoms with Crippen molar-refractivity contribution in [3.63, 3.8) is 0 Å². The highest BCUT2D eigenvalue weighted by molar-refractivity contribution is 8.01. The van der Waals surface area contributed by atoms with Crippen LogP contribution < -0.4 is 0 Å². The van der Waals surface area contributed by atoms with Crippen LogP contribution in [0.25, 0.3) is 10.4 Å². The lowest BCUT2D eigenvalue weighted by atomic mass is 10.2. The standard InChI is InChI=1S/C16H20S2/c1-2-3-4-8-13-17-16-12-11-15(18-16)14-9-6-5-7-10-14/h5-7,9-12H,2-4,8,13H2,1H3. The van der Waals surface area contributed by atoms with Crippen LogP contribution in [-0.2, 0) is 0 Å². The van der Waals surface area contributed by atoms with E-state index in [0.717, 1.165) is 0 Å². The van der Waals surface area contributed by atoms with Crippen molar-refractivity contribution in [1.29, 1.82) is 0 Å². The zero-order valence-corrected chi connectivity index (χ0v) is 12.5. The highest BCUT2D eigenvalue weighted by Gasteiger charge is 2.02. The van der Waals surface area contributed by atoms with Crippen molar-refractivity contribution in [2.75, 3.05) is 5.75 Å². The fourth-order valence-corrected chi connectivity index (χ4v) is 4.07. The average molecular weight is 276 g/mol. The van der Waals surface area contributed by atoms with E-state index in [9.17, 15) is 0 Å². The molecule has 0 spiro atoms. The lowest BCUT2D eigenvalue weighted by Gasteiger charge is -1.98. The minimum atomic E-state index is 1.26. The summed E-state index contributed by atoms with van der Waals surface area (Å²) in [5.41, 5.74) is 1.33. The van der Waals surface area contributed by atoms with Crippen molar-refractivity contribution in [3.05, 3.63) is 42.5 Å². The van der Waals surface area contributed by atoms with Crippen LogP contribution >= 0.6 is 23.1 Å². The van der Waals surface area contributed by atoms with Gasteiger partial charge in [0.05, 0.1) is 4.21 Å². The van der Waals surface area contributed by atoms with E-state index in [2.05, 4.69) is 49.4 Å². The molecule has 0 aliphatic carbocycles. The van der Waals surface area contributed by atoms with Gasteiger partial charge in [0.1, 0.15) is 0 Å². The van der Waals surface area contributed by atoms with Gasteiger partial charge in [0, 0.05) is 4.88 Å². The maximum Gasteiger partial charge on any atom is 0.0605 e. The van der Waals surface area contributed by atoms with E-state index in [1.165, 1.54) is 46.1 Å². The molecule has 0 bridgehead atoms. The molecule has 0 amide bonds. The Hall–Kier alpha value is -0.730. The van der Waals surface area contributed by atoms with Crippen molar-refractivity contribution in [3.8, 4) is 10.4 Å². The zero-order valence-electron chi connectivity index (χ0n) is 10.9. The van der Waals surface area contributed by atoms with E-state index in [-0.39, 0.29) is 0 Å². The van der Waals surface area contributed by atoms with Crippen molar-refractivity contribution in [2.45, 2.75) is 36.8 Å². The summed E-state index contributed by atoms with van der Waals surface area (Å²) < 4.78 is 1.45. The topological polar surface area (TPSA) is 0 Å². The molecule has 0 N–H and O–H groups in total. The summed E-state index contributed by atoms with van der Waals surface area (Å²) in [6, 6.07) is 15.1. The van der Waals surface area contributed by atoms with E-state index in [4.69, 9.17) is 0 Å². The number of unbranched alkanes of at least 4 members (excludes halogenated alkanes) is 3. The molecule has 0 radical (unpaired) electrons. The van der Waals surface area contributed by atoms with Crippen molar-refractivity contribution < 1.29 is 0 Å². The van der Waals surface area contributed by atoms with Crippen LogP contribution in [-0.4, -0.2) is 5.75 Å². The largest absolute Gasteiger partial charge is 0.129 e. The molecular weight excluding hydrogens is 256 g/mol. The summed E-state index contributed by atoms with van der Waals surface area (Å²) in [6.07, 6.45) is 5.42. The van der Waals surface area contributed by atoms with Crippen LogP contribution in [0.4, 0.5) is 0 Å². The van der Waals surface area contributed by atoms with Crippen LogP contribution in [0.2, 0.25) is 0 Å². The molecule has 0 aliphatic heterocycles. The van der Waals surface area contributed by atoms with Gasteiger partial charge in [0.25, 0.3) is 0 Å². The van der Waals surface area contributed by atoms with Crippen molar-refractivity contribution in [1.82, 2.24) is 0 Å². The summed E-state index contributed by atoms with van der Waals surface area (Å²) in [4.78, 5) is 1.38. The van der Waals surface area contributed by atoms with Crippen LogP contribution in [0.3, 0.4) is 0 Å². The minimum Gasteiger partial charge on any atom is -0.129 e. The first-order valence-electron chi connectivity index (χ1n) is 6.68. The van der Waals surface area contributed by atoms with E-state index >= 15 is 0 Å². The second-order valence-electron chi connectivity index (χ2n) is 4.39. The summed E-state index contributed by atoms with van der Waals surface area (Å²) in [5, 5.41) is 0. The van der Waals surface area contributed by atoms with Crippen molar-refractivity contribution >= 4 is 23.1 Å². The van der Waals surface area contributed by atoms with Crippen LogP contribution in [0.5, 0.6) is 0 Å². The van der Waals surface area contributed by atoms with Crippen LogP contribution in [0.1, 0.15) is 32.6 Å². The smallest absolute Gasteiger partial charge is 0.0605 e. The van der Waals surface area contributed by atoms with Gasteiger partial charge in [0.2, 0.25) is 0 Å². The molecule has 1 aromatic heterocycles. The molecule has 0 atom stereocenters. The van der Waals surface area contributed by atoms with Gasteiger partial charge < -0.3 is 0 Å². The van der Waals surface area contributed by atoms with Gasteiger partial charge in [-0.1, -0.05) is 56.5 Å².